The molecule has 0 radical (unpaired) electrons. The summed E-state index contributed by atoms with van der Waals surface area (Å²) in [5.41, 5.74) is 0.915. The lowest BCUT2D eigenvalue weighted by Gasteiger charge is -2.29. The lowest BCUT2D eigenvalue weighted by Crippen LogP contribution is -2.54. The van der Waals surface area contributed by atoms with E-state index in [-0.39, 0.29) is 16.8 Å². The number of rotatable bonds is 5. The molecule has 1 aliphatic heterocycles. The minimum absolute atomic E-state index is 0.0105. The summed E-state index contributed by atoms with van der Waals surface area (Å²) in [5.74, 6) is -0.199. The van der Waals surface area contributed by atoms with Gasteiger partial charge in [-0.3, -0.25) is 19.8 Å². The molecule has 0 aromatic heterocycles. The minimum Gasteiger partial charge on any atom is -0.493 e. The van der Waals surface area contributed by atoms with Crippen LogP contribution in [-0.4, -0.2) is 30.1 Å². The second kappa shape index (κ2) is 8.63. The van der Waals surface area contributed by atoms with Crippen molar-refractivity contribution in [1.82, 2.24) is 5.32 Å². The third-order valence-electron chi connectivity index (χ3n) is 4.05. The van der Waals surface area contributed by atoms with Crippen molar-refractivity contribution in [2.75, 3.05) is 12.0 Å². The van der Waals surface area contributed by atoms with Crippen LogP contribution in [0.25, 0.3) is 6.08 Å². The van der Waals surface area contributed by atoms with Crippen LogP contribution >= 0.6 is 23.8 Å². The summed E-state index contributed by atoms with van der Waals surface area (Å²) in [6, 6.07) is 11.9. The number of carbonyl (C=O) groups is 2. The van der Waals surface area contributed by atoms with Gasteiger partial charge in [0, 0.05) is 10.6 Å². The number of carbonyl (C=O) groups excluding carboxylic acids is 2. The maximum atomic E-state index is 13.1. The largest absolute Gasteiger partial charge is 0.493 e. The molecule has 8 heteroatoms. The van der Waals surface area contributed by atoms with Crippen LogP contribution in [0, 0.1) is 0 Å². The Balaban J connectivity index is 2.08. The highest BCUT2D eigenvalue weighted by Crippen LogP contribution is 2.34. The fourth-order valence-corrected chi connectivity index (χ4v) is 3.30. The van der Waals surface area contributed by atoms with Crippen molar-refractivity contribution >= 4 is 52.5 Å². The number of amides is 2. The van der Waals surface area contributed by atoms with Crippen molar-refractivity contribution in [3.63, 3.8) is 0 Å². The molecule has 150 valence electrons. The van der Waals surface area contributed by atoms with Gasteiger partial charge in [-0.05, 0) is 56.4 Å². The third-order valence-corrected chi connectivity index (χ3v) is 4.57. The Hall–Kier alpha value is -2.90. The van der Waals surface area contributed by atoms with E-state index in [2.05, 4.69) is 5.32 Å². The van der Waals surface area contributed by atoms with Crippen LogP contribution in [0.5, 0.6) is 11.5 Å². The van der Waals surface area contributed by atoms with E-state index in [1.165, 1.54) is 18.1 Å². The molecular formula is C21H19ClN2O4S. The van der Waals surface area contributed by atoms with Crippen LogP contribution in [0.1, 0.15) is 19.4 Å². The molecule has 0 spiro atoms. The van der Waals surface area contributed by atoms with E-state index in [9.17, 15) is 9.59 Å². The van der Waals surface area contributed by atoms with Gasteiger partial charge in [0.05, 0.1) is 18.9 Å². The first-order chi connectivity index (χ1) is 13.8. The fraction of sp³-hybridized carbons (Fsp3) is 0.190. The van der Waals surface area contributed by atoms with Crippen LogP contribution in [0.2, 0.25) is 5.02 Å². The van der Waals surface area contributed by atoms with Crippen molar-refractivity contribution in [2.24, 2.45) is 0 Å². The van der Waals surface area contributed by atoms with Crippen LogP contribution in [0.3, 0.4) is 0 Å². The highest BCUT2D eigenvalue weighted by molar-refractivity contribution is 7.80. The molecule has 0 saturated carbocycles. The average Bonchev–Trinajstić information content (AvgIpc) is 2.65. The van der Waals surface area contributed by atoms with E-state index < -0.39 is 11.8 Å². The van der Waals surface area contributed by atoms with Gasteiger partial charge >= 0.3 is 0 Å². The lowest BCUT2D eigenvalue weighted by atomic mass is 10.1. The SMILES string of the molecule is COc1cccc(/C=C2\C(=O)NC(=S)N(c3cccc(Cl)c3)C2=O)c1OC(C)C. The normalized spacial score (nSPS) is 15.7. The molecule has 29 heavy (non-hydrogen) atoms. The summed E-state index contributed by atoms with van der Waals surface area (Å²) in [7, 11) is 1.53. The fourth-order valence-electron chi connectivity index (χ4n) is 2.83. The van der Waals surface area contributed by atoms with Gasteiger partial charge < -0.3 is 9.47 Å². The number of anilines is 1. The number of ether oxygens (including phenoxy) is 2. The second-order valence-electron chi connectivity index (χ2n) is 6.48. The minimum atomic E-state index is -0.586. The zero-order valence-corrected chi connectivity index (χ0v) is 17.6. The molecule has 0 atom stereocenters. The molecule has 6 nitrogen and oxygen atoms in total. The Labute approximate surface area is 179 Å². The molecule has 3 rings (SSSR count). The molecule has 0 bridgehead atoms. The van der Waals surface area contributed by atoms with Crippen LogP contribution < -0.4 is 19.7 Å². The molecule has 1 saturated heterocycles. The zero-order valence-electron chi connectivity index (χ0n) is 16.1. The van der Waals surface area contributed by atoms with Gasteiger partial charge in [-0.15, -0.1) is 0 Å². The summed E-state index contributed by atoms with van der Waals surface area (Å²) in [6.07, 6.45) is 1.34. The molecular weight excluding hydrogens is 412 g/mol. The van der Waals surface area contributed by atoms with Crippen LogP contribution in [0.4, 0.5) is 5.69 Å². The first kappa shape index (κ1) is 20.8. The monoisotopic (exact) mass is 430 g/mol. The highest BCUT2D eigenvalue weighted by atomic mass is 35.5. The molecule has 1 heterocycles. The molecule has 0 aliphatic carbocycles. The van der Waals surface area contributed by atoms with E-state index in [0.717, 1.165) is 0 Å². The van der Waals surface area contributed by atoms with E-state index >= 15 is 0 Å². The van der Waals surface area contributed by atoms with E-state index in [0.29, 0.717) is 27.8 Å². The number of hydrogen-bond acceptors (Lipinski definition) is 5. The van der Waals surface area contributed by atoms with Crippen molar-refractivity contribution in [2.45, 2.75) is 20.0 Å². The predicted octanol–water partition coefficient (Wildman–Crippen LogP) is 3.97. The number of thiocarbonyl (C=S) groups is 1. The molecule has 0 unspecified atom stereocenters. The van der Waals surface area contributed by atoms with Gasteiger partial charge in [-0.25, -0.2) is 0 Å². The summed E-state index contributed by atoms with van der Waals surface area (Å²) >= 11 is 11.2. The number of halogens is 1. The van der Waals surface area contributed by atoms with Crippen molar-refractivity contribution < 1.29 is 19.1 Å². The molecule has 1 N–H and O–H groups in total. The van der Waals surface area contributed by atoms with E-state index in [4.69, 9.17) is 33.3 Å². The van der Waals surface area contributed by atoms with Crippen molar-refractivity contribution in [3.8, 4) is 11.5 Å². The third kappa shape index (κ3) is 4.41. The number of methoxy groups -OCH3 is 1. The number of nitrogens with one attached hydrogen (secondary N) is 1. The van der Waals surface area contributed by atoms with Gasteiger partial charge in [-0.1, -0.05) is 29.8 Å². The smallest absolute Gasteiger partial charge is 0.270 e. The molecule has 2 amide bonds. The Morgan fingerprint density at radius 1 is 1.17 bits per heavy atom. The summed E-state index contributed by atoms with van der Waals surface area (Å²) in [5, 5.41) is 2.99. The van der Waals surface area contributed by atoms with Crippen molar-refractivity contribution in [3.05, 3.63) is 58.6 Å². The van der Waals surface area contributed by atoms with E-state index in [1.807, 2.05) is 13.8 Å². The summed E-state index contributed by atoms with van der Waals surface area (Å²) < 4.78 is 11.2. The molecule has 1 aliphatic rings. The Morgan fingerprint density at radius 3 is 2.55 bits per heavy atom. The predicted molar refractivity (Wildman–Crippen MR) is 116 cm³/mol. The van der Waals surface area contributed by atoms with Crippen LogP contribution in [-0.2, 0) is 9.59 Å². The quantitative estimate of drug-likeness (QED) is 0.441. The average molecular weight is 431 g/mol. The first-order valence-electron chi connectivity index (χ1n) is 8.82. The zero-order chi connectivity index (χ0) is 21.1. The van der Waals surface area contributed by atoms with Gasteiger partial charge in [0.2, 0.25) is 0 Å². The number of hydrogen-bond donors (Lipinski definition) is 1. The van der Waals surface area contributed by atoms with E-state index in [1.54, 1.807) is 42.5 Å². The molecule has 2 aromatic carbocycles. The number of nitrogens with zero attached hydrogens (tertiary/aromatic N) is 1. The summed E-state index contributed by atoms with van der Waals surface area (Å²) in [4.78, 5) is 26.9. The van der Waals surface area contributed by atoms with Gasteiger partial charge in [0.1, 0.15) is 5.57 Å². The molecule has 2 aromatic rings. The van der Waals surface area contributed by atoms with Gasteiger partial charge in [0.25, 0.3) is 11.8 Å². The topological polar surface area (TPSA) is 67.9 Å². The van der Waals surface area contributed by atoms with Gasteiger partial charge in [0.15, 0.2) is 16.6 Å². The standard InChI is InChI=1S/C21H19ClN2O4S/c1-12(2)28-18-13(6-4-9-17(18)27-3)10-16-19(25)23-21(29)24(20(16)26)15-8-5-7-14(22)11-15/h4-12H,1-3H3,(H,23,25,29)/b16-10+. The maximum absolute atomic E-state index is 13.1. The second-order valence-corrected chi connectivity index (χ2v) is 7.31. The maximum Gasteiger partial charge on any atom is 0.270 e. The highest BCUT2D eigenvalue weighted by Gasteiger charge is 2.34. The lowest BCUT2D eigenvalue weighted by molar-refractivity contribution is -0.122. The van der Waals surface area contributed by atoms with Crippen LogP contribution in [0.15, 0.2) is 48.0 Å². The number of para-hydroxylation sites is 1. The van der Waals surface area contributed by atoms with Gasteiger partial charge in [-0.2, -0.15) is 0 Å². The molecule has 1 fully saturated rings. The van der Waals surface area contributed by atoms with Crippen molar-refractivity contribution in [1.29, 1.82) is 0 Å². The Bertz CT molecular complexity index is 1020. The number of benzene rings is 2. The first-order valence-corrected chi connectivity index (χ1v) is 9.61. The summed E-state index contributed by atoms with van der Waals surface area (Å²) in [6.45, 7) is 3.75. The Kier molecular flexibility index (Phi) is 6.20. The Morgan fingerprint density at radius 2 is 1.90 bits per heavy atom.